The number of hydrogen-bond donors (Lipinski definition) is 2. The van der Waals surface area contributed by atoms with E-state index >= 15 is 0 Å². The van der Waals surface area contributed by atoms with Gasteiger partial charge in [0.1, 0.15) is 11.6 Å². The summed E-state index contributed by atoms with van der Waals surface area (Å²) in [6.45, 7) is 0.461. The van der Waals surface area contributed by atoms with Crippen LogP contribution in [0.25, 0.3) is 0 Å². The molecule has 0 unspecified atom stereocenters. The standard InChI is InChI=1S/C14H14N2O3/c15-13-3-1-2-11(16-13)8-9-19-12-6-4-10(5-7-12)14(17)18/h1-7H,8-9H2,(H2,15,16)(H,17,18). The third kappa shape index (κ3) is 3.70. The maximum absolute atomic E-state index is 10.7. The first-order valence-corrected chi connectivity index (χ1v) is 5.83. The molecule has 0 aliphatic heterocycles. The Morgan fingerprint density at radius 1 is 1.21 bits per heavy atom. The number of nitrogens with zero attached hydrogens (tertiary/aromatic N) is 1. The van der Waals surface area contributed by atoms with Gasteiger partial charge >= 0.3 is 5.97 Å². The molecule has 2 rings (SSSR count). The Hall–Kier alpha value is -2.56. The summed E-state index contributed by atoms with van der Waals surface area (Å²) in [5.74, 6) is 0.174. The Morgan fingerprint density at radius 2 is 1.95 bits per heavy atom. The summed E-state index contributed by atoms with van der Waals surface area (Å²) in [6.07, 6.45) is 0.645. The van der Waals surface area contributed by atoms with E-state index in [2.05, 4.69) is 4.98 Å². The minimum Gasteiger partial charge on any atom is -0.493 e. The molecule has 0 bridgehead atoms. The molecule has 0 saturated carbocycles. The molecule has 0 aliphatic rings. The minimum absolute atomic E-state index is 0.241. The molecule has 1 aromatic heterocycles. The molecule has 3 N–H and O–H groups in total. The van der Waals surface area contributed by atoms with Gasteiger partial charge in [0, 0.05) is 12.1 Å². The molecule has 19 heavy (non-hydrogen) atoms. The monoisotopic (exact) mass is 258 g/mol. The average Bonchev–Trinajstić information content (AvgIpc) is 2.39. The van der Waals surface area contributed by atoms with Gasteiger partial charge in [-0.2, -0.15) is 0 Å². The topological polar surface area (TPSA) is 85.4 Å². The predicted molar refractivity (Wildman–Crippen MR) is 71.2 cm³/mol. The number of aromatic carboxylic acids is 1. The van der Waals surface area contributed by atoms with Crippen molar-refractivity contribution in [2.24, 2.45) is 0 Å². The van der Waals surface area contributed by atoms with Crippen LogP contribution in [0.1, 0.15) is 16.1 Å². The van der Waals surface area contributed by atoms with Crippen LogP contribution < -0.4 is 10.5 Å². The summed E-state index contributed by atoms with van der Waals surface area (Å²) >= 11 is 0. The molecule has 1 heterocycles. The van der Waals surface area contributed by atoms with Gasteiger partial charge in [-0.3, -0.25) is 0 Å². The number of carbonyl (C=O) groups is 1. The van der Waals surface area contributed by atoms with E-state index in [0.29, 0.717) is 24.6 Å². The number of hydrogen-bond acceptors (Lipinski definition) is 4. The van der Waals surface area contributed by atoms with Crippen molar-refractivity contribution in [2.75, 3.05) is 12.3 Å². The van der Waals surface area contributed by atoms with Crippen LogP contribution >= 0.6 is 0 Å². The largest absolute Gasteiger partial charge is 0.493 e. The van der Waals surface area contributed by atoms with Gasteiger partial charge < -0.3 is 15.6 Å². The Kier molecular flexibility index (Phi) is 3.97. The molecule has 0 aliphatic carbocycles. The summed E-state index contributed by atoms with van der Waals surface area (Å²) in [6, 6.07) is 11.8. The van der Waals surface area contributed by atoms with Crippen molar-refractivity contribution >= 4 is 11.8 Å². The molecule has 2 aromatic rings. The van der Waals surface area contributed by atoms with Crippen LogP contribution in [0.4, 0.5) is 5.82 Å². The van der Waals surface area contributed by atoms with E-state index in [4.69, 9.17) is 15.6 Å². The van der Waals surface area contributed by atoms with E-state index in [-0.39, 0.29) is 5.56 Å². The van der Waals surface area contributed by atoms with Crippen LogP contribution in [-0.2, 0) is 6.42 Å². The van der Waals surface area contributed by atoms with Gasteiger partial charge in [-0.05, 0) is 36.4 Å². The molecule has 0 fully saturated rings. The van der Waals surface area contributed by atoms with Crippen LogP contribution in [0.15, 0.2) is 42.5 Å². The first-order valence-electron chi connectivity index (χ1n) is 5.83. The molecule has 5 nitrogen and oxygen atoms in total. The van der Waals surface area contributed by atoms with Gasteiger partial charge in [0.25, 0.3) is 0 Å². The van der Waals surface area contributed by atoms with Crippen LogP contribution in [0.3, 0.4) is 0 Å². The van der Waals surface area contributed by atoms with Crippen molar-refractivity contribution in [1.29, 1.82) is 0 Å². The highest BCUT2D eigenvalue weighted by Crippen LogP contribution is 2.12. The predicted octanol–water partition coefficient (Wildman–Crippen LogP) is 1.98. The van der Waals surface area contributed by atoms with Gasteiger partial charge in [-0.1, -0.05) is 6.07 Å². The van der Waals surface area contributed by atoms with Crippen LogP contribution in [0.2, 0.25) is 0 Å². The molecule has 0 amide bonds. The third-order valence-corrected chi connectivity index (χ3v) is 2.56. The van der Waals surface area contributed by atoms with Crippen LogP contribution in [0.5, 0.6) is 5.75 Å². The number of rotatable bonds is 5. The lowest BCUT2D eigenvalue weighted by Gasteiger charge is -2.06. The number of benzene rings is 1. The molecular formula is C14H14N2O3. The molecule has 0 radical (unpaired) electrons. The zero-order valence-corrected chi connectivity index (χ0v) is 10.2. The van der Waals surface area contributed by atoms with E-state index in [1.54, 1.807) is 18.2 Å². The molecule has 0 spiro atoms. The zero-order valence-electron chi connectivity index (χ0n) is 10.2. The lowest BCUT2D eigenvalue weighted by molar-refractivity contribution is 0.0697. The second-order valence-corrected chi connectivity index (χ2v) is 3.98. The van der Waals surface area contributed by atoms with Gasteiger partial charge in [0.05, 0.1) is 12.2 Å². The molecule has 0 saturated heterocycles. The Balaban J connectivity index is 1.87. The van der Waals surface area contributed by atoms with Gasteiger partial charge in [0.15, 0.2) is 0 Å². The first-order chi connectivity index (χ1) is 9.15. The molecule has 0 atom stereocenters. The fourth-order valence-corrected chi connectivity index (χ4v) is 1.60. The summed E-state index contributed by atoms with van der Waals surface area (Å²) in [7, 11) is 0. The Morgan fingerprint density at radius 3 is 2.58 bits per heavy atom. The lowest BCUT2D eigenvalue weighted by atomic mass is 10.2. The molecular weight excluding hydrogens is 244 g/mol. The van der Waals surface area contributed by atoms with Gasteiger partial charge in [0.2, 0.25) is 0 Å². The third-order valence-electron chi connectivity index (χ3n) is 2.56. The van der Waals surface area contributed by atoms with Gasteiger partial charge in [-0.15, -0.1) is 0 Å². The maximum Gasteiger partial charge on any atom is 0.335 e. The number of nitrogen functional groups attached to an aromatic ring is 1. The summed E-state index contributed by atoms with van der Waals surface area (Å²) in [4.78, 5) is 14.8. The molecule has 5 heteroatoms. The van der Waals surface area contributed by atoms with E-state index in [1.807, 2.05) is 12.1 Å². The van der Waals surface area contributed by atoms with Gasteiger partial charge in [-0.25, -0.2) is 9.78 Å². The van der Waals surface area contributed by atoms with E-state index in [1.165, 1.54) is 12.1 Å². The van der Waals surface area contributed by atoms with E-state index in [9.17, 15) is 4.79 Å². The number of nitrogens with two attached hydrogens (primary N) is 1. The minimum atomic E-state index is -0.949. The van der Waals surface area contributed by atoms with Crippen molar-refractivity contribution in [2.45, 2.75) is 6.42 Å². The highest BCUT2D eigenvalue weighted by molar-refractivity contribution is 5.87. The van der Waals surface area contributed by atoms with Crippen molar-refractivity contribution < 1.29 is 14.6 Å². The van der Waals surface area contributed by atoms with Crippen molar-refractivity contribution in [1.82, 2.24) is 4.98 Å². The van der Waals surface area contributed by atoms with Crippen molar-refractivity contribution in [3.63, 3.8) is 0 Å². The number of anilines is 1. The SMILES string of the molecule is Nc1cccc(CCOc2ccc(C(=O)O)cc2)n1. The molecule has 1 aromatic carbocycles. The highest BCUT2D eigenvalue weighted by Gasteiger charge is 2.02. The second-order valence-electron chi connectivity index (χ2n) is 3.98. The summed E-state index contributed by atoms with van der Waals surface area (Å²) in [5.41, 5.74) is 6.68. The number of ether oxygens (including phenoxy) is 1. The summed E-state index contributed by atoms with van der Waals surface area (Å²) in [5, 5.41) is 8.77. The highest BCUT2D eigenvalue weighted by atomic mass is 16.5. The fraction of sp³-hybridized carbons (Fsp3) is 0.143. The first kappa shape index (κ1) is 12.9. The normalized spacial score (nSPS) is 10.1. The Labute approximate surface area is 110 Å². The van der Waals surface area contributed by atoms with Crippen molar-refractivity contribution in [3.8, 4) is 5.75 Å². The average molecular weight is 258 g/mol. The van der Waals surface area contributed by atoms with E-state index < -0.39 is 5.97 Å². The van der Waals surface area contributed by atoms with Crippen molar-refractivity contribution in [3.05, 3.63) is 53.7 Å². The smallest absolute Gasteiger partial charge is 0.335 e. The molecule has 98 valence electrons. The fourth-order valence-electron chi connectivity index (χ4n) is 1.60. The number of carboxylic acids is 1. The quantitative estimate of drug-likeness (QED) is 0.856. The maximum atomic E-state index is 10.7. The summed E-state index contributed by atoms with van der Waals surface area (Å²) < 4.78 is 5.51. The number of pyridine rings is 1. The number of carboxylic acid groups (broad SMARTS) is 1. The zero-order chi connectivity index (χ0) is 13.7. The van der Waals surface area contributed by atoms with E-state index in [0.717, 1.165) is 5.69 Å². The second kappa shape index (κ2) is 5.86. The lowest BCUT2D eigenvalue weighted by Crippen LogP contribution is -2.04. The number of aromatic nitrogens is 1. The van der Waals surface area contributed by atoms with Crippen LogP contribution in [0, 0.1) is 0 Å². The Bertz CT molecular complexity index is 567. The van der Waals surface area contributed by atoms with Crippen LogP contribution in [-0.4, -0.2) is 22.7 Å².